The number of hydrazone groups is 1. The van der Waals surface area contributed by atoms with Gasteiger partial charge in [-0.15, -0.1) is 0 Å². The van der Waals surface area contributed by atoms with Gasteiger partial charge >= 0.3 is 0 Å². The second kappa shape index (κ2) is 10.7. The number of amides is 1. The molecule has 0 bridgehead atoms. The Balaban J connectivity index is 1.60. The van der Waals surface area contributed by atoms with Crippen molar-refractivity contribution in [1.82, 2.24) is 5.43 Å². The van der Waals surface area contributed by atoms with E-state index in [1.807, 2.05) is 48.5 Å². The fourth-order valence-corrected chi connectivity index (χ4v) is 3.60. The summed E-state index contributed by atoms with van der Waals surface area (Å²) < 4.78 is 11.2. The highest BCUT2D eigenvalue weighted by atomic mass is 35.5. The molecule has 0 fully saturated rings. The summed E-state index contributed by atoms with van der Waals surface area (Å²) in [5, 5.41) is 17.7. The molecular formula is C26H20ClN3O5. The molecule has 35 heavy (non-hydrogen) atoms. The first-order valence-electron chi connectivity index (χ1n) is 10.5. The highest BCUT2D eigenvalue weighted by Gasteiger charge is 2.17. The average molecular weight is 490 g/mol. The van der Waals surface area contributed by atoms with Crippen molar-refractivity contribution in [3.05, 3.63) is 111 Å². The summed E-state index contributed by atoms with van der Waals surface area (Å²) in [5.41, 5.74) is 3.80. The molecule has 9 heteroatoms. The molecule has 1 amide bonds. The van der Waals surface area contributed by atoms with Gasteiger partial charge in [0.2, 0.25) is 0 Å². The smallest absolute Gasteiger partial charge is 0.275 e. The zero-order chi connectivity index (χ0) is 24.8. The Morgan fingerprint density at radius 3 is 2.54 bits per heavy atom. The quantitative estimate of drug-likeness (QED) is 0.193. The third kappa shape index (κ3) is 5.56. The third-order valence-corrected chi connectivity index (χ3v) is 5.49. The number of nitro groups is 1. The Labute approximate surface area is 205 Å². The zero-order valence-corrected chi connectivity index (χ0v) is 19.4. The van der Waals surface area contributed by atoms with Gasteiger partial charge in [0.25, 0.3) is 11.6 Å². The number of rotatable bonds is 8. The number of carbonyl (C=O) groups is 1. The molecule has 4 aromatic rings. The van der Waals surface area contributed by atoms with Crippen molar-refractivity contribution in [1.29, 1.82) is 0 Å². The van der Waals surface area contributed by atoms with E-state index in [1.54, 1.807) is 12.1 Å². The highest BCUT2D eigenvalue weighted by molar-refractivity contribution is 6.30. The predicted octanol–water partition coefficient (Wildman–Crippen LogP) is 5.75. The van der Waals surface area contributed by atoms with E-state index < -0.39 is 10.8 Å². The lowest BCUT2D eigenvalue weighted by Gasteiger charge is -2.12. The number of methoxy groups -OCH3 is 1. The standard InChI is InChI=1S/C26H20ClN3O5/c1-34-24-13-11-20(30(32)33)14-22(24)26(31)29-28-15-23-21-5-3-2-4-18(21)8-12-25(23)35-16-17-6-9-19(27)10-7-17/h2-15H,16H2,1H3,(H,29,31)/b28-15-. The van der Waals surface area contributed by atoms with Gasteiger partial charge in [-0.2, -0.15) is 5.10 Å². The van der Waals surface area contributed by atoms with Gasteiger partial charge in [0.05, 0.1) is 23.8 Å². The number of nitro benzene ring substituents is 1. The molecule has 0 saturated carbocycles. The number of halogens is 1. The van der Waals surface area contributed by atoms with Crippen molar-refractivity contribution in [2.45, 2.75) is 6.61 Å². The molecule has 4 rings (SSSR count). The fourth-order valence-electron chi connectivity index (χ4n) is 3.48. The van der Waals surface area contributed by atoms with Crippen LogP contribution in [0.2, 0.25) is 5.02 Å². The van der Waals surface area contributed by atoms with Crippen molar-refractivity contribution in [3.63, 3.8) is 0 Å². The number of carbonyl (C=O) groups excluding carboxylic acids is 1. The van der Waals surface area contributed by atoms with Crippen LogP contribution in [0.15, 0.2) is 84.0 Å². The van der Waals surface area contributed by atoms with E-state index in [2.05, 4.69) is 10.5 Å². The van der Waals surface area contributed by atoms with Crippen molar-refractivity contribution < 1.29 is 19.2 Å². The van der Waals surface area contributed by atoms with E-state index in [4.69, 9.17) is 21.1 Å². The first-order chi connectivity index (χ1) is 17.0. The van der Waals surface area contributed by atoms with Crippen LogP contribution < -0.4 is 14.9 Å². The Morgan fingerprint density at radius 2 is 1.80 bits per heavy atom. The fraction of sp³-hybridized carbons (Fsp3) is 0.0769. The number of nitrogens with zero attached hydrogens (tertiary/aromatic N) is 2. The second-order valence-electron chi connectivity index (χ2n) is 7.45. The minimum atomic E-state index is -0.648. The molecule has 8 nitrogen and oxygen atoms in total. The molecule has 0 atom stereocenters. The lowest BCUT2D eigenvalue weighted by molar-refractivity contribution is -0.384. The van der Waals surface area contributed by atoms with Gasteiger partial charge in [0.15, 0.2) is 0 Å². The van der Waals surface area contributed by atoms with Crippen LogP contribution >= 0.6 is 11.6 Å². The zero-order valence-electron chi connectivity index (χ0n) is 18.6. The largest absolute Gasteiger partial charge is 0.496 e. The van der Waals surface area contributed by atoms with E-state index in [0.29, 0.717) is 22.9 Å². The van der Waals surface area contributed by atoms with Gasteiger partial charge < -0.3 is 9.47 Å². The maximum Gasteiger partial charge on any atom is 0.275 e. The van der Waals surface area contributed by atoms with Crippen molar-refractivity contribution in [2.75, 3.05) is 7.11 Å². The molecule has 0 aliphatic carbocycles. The monoisotopic (exact) mass is 489 g/mol. The summed E-state index contributed by atoms with van der Waals surface area (Å²) in [4.78, 5) is 23.2. The van der Waals surface area contributed by atoms with Crippen LogP contribution in [0.1, 0.15) is 21.5 Å². The number of ether oxygens (including phenoxy) is 2. The van der Waals surface area contributed by atoms with Crippen LogP contribution in [0.4, 0.5) is 5.69 Å². The highest BCUT2D eigenvalue weighted by Crippen LogP contribution is 2.28. The van der Waals surface area contributed by atoms with Crippen LogP contribution in [0.3, 0.4) is 0 Å². The summed E-state index contributed by atoms with van der Waals surface area (Å²) in [6.07, 6.45) is 1.49. The molecule has 0 radical (unpaired) electrons. The summed E-state index contributed by atoms with van der Waals surface area (Å²) in [7, 11) is 1.38. The number of fused-ring (bicyclic) bond motifs is 1. The van der Waals surface area contributed by atoms with Gasteiger partial charge in [-0.25, -0.2) is 5.43 Å². The summed E-state index contributed by atoms with van der Waals surface area (Å²) in [6, 6.07) is 22.6. The second-order valence-corrected chi connectivity index (χ2v) is 7.89. The first-order valence-corrected chi connectivity index (χ1v) is 10.9. The Hall–Kier alpha value is -4.43. The molecule has 0 aliphatic heterocycles. The van der Waals surface area contributed by atoms with Gasteiger partial charge in [-0.1, -0.05) is 54.1 Å². The predicted molar refractivity (Wildman–Crippen MR) is 134 cm³/mol. The molecule has 0 spiro atoms. The van der Waals surface area contributed by atoms with Gasteiger partial charge in [-0.05, 0) is 40.6 Å². The molecule has 176 valence electrons. The number of non-ortho nitro benzene ring substituents is 1. The molecule has 0 unspecified atom stereocenters. The molecular weight excluding hydrogens is 470 g/mol. The van der Waals surface area contributed by atoms with Crippen LogP contribution in [0.25, 0.3) is 10.8 Å². The molecule has 0 aromatic heterocycles. The van der Waals surface area contributed by atoms with E-state index in [0.717, 1.165) is 22.4 Å². The van der Waals surface area contributed by atoms with Crippen LogP contribution in [0.5, 0.6) is 11.5 Å². The van der Waals surface area contributed by atoms with Crippen molar-refractivity contribution in [2.24, 2.45) is 5.10 Å². The Kier molecular flexibility index (Phi) is 7.23. The Bertz CT molecular complexity index is 1420. The molecule has 0 saturated heterocycles. The van der Waals surface area contributed by atoms with Gasteiger partial charge in [0.1, 0.15) is 18.1 Å². The first kappa shape index (κ1) is 23.7. The summed E-state index contributed by atoms with van der Waals surface area (Å²) >= 11 is 5.96. The molecule has 0 aliphatic rings. The number of hydrogen-bond donors (Lipinski definition) is 1. The minimum Gasteiger partial charge on any atom is -0.496 e. The minimum absolute atomic E-state index is 0.00372. The Morgan fingerprint density at radius 1 is 1.06 bits per heavy atom. The third-order valence-electron chi connectivity index (χ3n) is 5.24. The van der Waals surface area contributed by atoms with Crippen LogP contribution in [-0.2, 0) is 6.61 Å². The average Bonchev–Trinajstić information content (AvgIpc) is 2.88. The maximum absolute atomic E-state index is 12.7. The van der Waals surface area contributed by atoms with Crippen LogP contribution in [0, 0.1) is 10.1 Å². The molecule has 1 N–H and O–H groups in total. The van der Waals surface area contributed by atoms with E-state index in [9.17, 15) is 14.9 Å². The van der Waals surface area contributed by atoms with Crippen molar-refractivity contribution in [3.8, 4) is 11.5 Å². The lowest BCUT2D eigenvalue weighted by Crippen LogP contribution is -2.18. The number of benzene rings is 4. The molecule has 0 heterocycles. The number of hydrogen-bond acceptors (Lipinski definition) is 6. The van der Waals surface area contributed by atoms with E-state index >= 15 is 0 Å². The lowest BCUT2D eigenvalue weighted by atomic mass is 10.0. The summed E-state index contributed by atoms with van der Waals surface area (Å²) in [5.74, 6) is 0.121. The topological polar surface area (TPSA) is 103 Å². The normalized spacial score (nSPS) is 10.9. The SMILES string of the molecule is COc1ccc([N+](=O)[O-])cc1C(=O)N/N=C\c1c(OCc2ccc(Cl)cc2)ccc2ccccc12. The van der Waals surface area contributed by atoms with Gasteiger partial charge in [0, 0.05) is 22.7 Å². The molecule has 4 aromatic carbocycles. The maximum atomic E-state index is 12.7. The summed E-state index contributed by atoms with van der Waals surface area (Å²) in [6.45, 7) is 0.313. The van der Waals surface area contributed by atoms with Crippen molar-refractivity contribution >= 4 is 40.2 Å². The van der Waals surface area contributed by atoms with Crippen LogP contribution in [-0.4, -0.2) is 24.2 Å². The van der Waals surface area contributed by atoms with Gasteiger partial charge in [-0.3, -0.25) is 14.9 Å². The van der Waals surface area contributed by atoms with E-state index in [1.165, 1.54) is 25.5 Å². The number of nitrogens with one attached hydrogen (secondary N) is 1. The van der Waals surface area contributed by atoms with E-state index in [-0.39, 0.29) is 17.0 Å².